The van der Waals surface area contributed by atoms with Crippen LogP contribution >= 0.6 is 0 Å². The molecule has 0 aliphatic carbocycles. The van der Waals surface area contributed by atoms with E-state index in [2.05, 4.69) is 18.3 Å². The number of benzene rings is 2. The summed E-state index contributed by atoms with van der Waals surface area (Å²) in [5.41, 5.74) is 3.22. The van der Waals surface area contributed by atoms with Crippen molar-refractivity contribution >= 4 is 5.91 Å². The fourth-order valence-corrected chi connectivity index (χ4v) is 3.31. The number of hydrogen-bond donors (Lipinski definition) is 1. The van der Waals surface area contributed by atoms with Gasteiger partial charge >= 0.3 is 0 Å². The Balaban J connectivity index is 1.99. The van der Waals surface area contributed by atoms with Crippen molar-refractivity contribution in [3.63, 3.8) is 0 Å². The zero-order chi connectivity index (χ0) is 21.2. The molecular formula is C24H33NO4. The predicted octanol–water partition coefficient (Wildman–Crippen LogP) is 5.00. The highest BCUT2D eigenvalue weighted by Crippen LogP contribution is 2.29. The Morgan fingerprint density at radius 1 is 0.966 bits per heavy atom. The van der Waals surface area contributed by atoms with Crippen molar-refractivity contribution in [2.24, 2.45) is 0 Å². The molecule has 0 aromatic heterocycles. The number of aryl methyl sites for hydroxylation is 2. The molecular weight excluding hydrogens is 366 g/mol. The lowest BCUT2D eigenvalue weighted by Gasteiger charge is -2.19. The third kappa shape index (κ3) is 6.41. The van der Waals surface area contributed by atoms with Gasteiger partial charge in [0.25, 0.3) is 0 Å². The monoisotopic (exact) mass is 399 g/mol. The van der Waals surface area contributed by atoms with Gasteiger partial charge in [0.1, 0.15) is 5.75 Å². The maximum atomic E-state index is 12.6. The first-order valence-corrected chi connectivity index (χ1v) is 10.3. The Morgan fingerprint density at radius 2 is 1.66 bits per heavy atom. The van der Waals surface area contributed by atoms with E-state index in [0.29, 0.717) is 26.1 Å². The number of carbonyl (C=O) groups excluding carboxylic acids is 1. The first kappa shape index (κ1) is 22.6. The number of amides is 1. The molecule has 5 nitrogen and oxygen atoms in total. The van der Waals surface area contributed by atoms with Crippen molar-refractivity contribution in [2.75, 3.05) is 20.3 Å². The van der Waals surface area contributed by atoms with Crippen LogP contribution < -0.4 is 19.5 Å². The Kier molecular flexibility index (Phi) is 8.84. The third-order valence-corrected chi connectivity index (χ3v) is 4.81. The van der Waals surface area contributed by atoms with Crippen molar-refractivity contribution < 1.29 is 19.0 Å². The van der Waals surface area contributed by atoms with Crippen LogP contribution in [0.2, 0.25) is 0 Å². The molecule has 0 fully saturated rings. The van der Waals surface area contributed by atoms with Gasteiger partial charge < -0.3 is 19.5 Å². The van der Waals surface area contributed by atoms with E-state index in [1.807, 2.05) is 51.1 Å². The standard InChI is InChI=1S/C24H33NO4/c1-6-20(19-11-13-21(27-5)17(4)15-19)25-24(26)14-10-18-9-12-22(28-7-2)23(16-18)29-8-3/h9,11-13,15-16,20H,6-8,10,14H2,1-5H3,(H,25,26). The lowest BCUT2D eigenvalue weighted by molar-refractivity contribution is -0.121. The number of hydrogen-bond acceptors (Lipinski definition) is 4. The molecule has 0 bridgehead atoms. The van der Waals surface area contributed by atoms with Gasteiger partial charge in [-0.1, -0.05) is 25.1 Å². The molecule has 158 valence electrons. The summed E-state index contributed by atoms with van der Waals surface area (Å²) in [6.45, 7) is 9.14. The largest absolute Gasteiger partial charge is 0.496 e. The minimum Gasteiger partial charge on any atom is -0.496 e. The van der Waals surface area contributed by atoms with Crippen LogP contribution in [0.5, 0.6) is 17.2 Å². The first-order valence-electron chi connectivity index (χ1n) is 10.3. The number of rotatable bonds is 11. The lowest BCUT2D eigenvalue weighted by Crippen LogP contribution is -2.28. The summed E-state index contributed by atoms with van der Waals surface area (Å²) in [7, 11) is 1.67. The van der Waals surface area contributed by atoms with Crippen LogP contribution in [0.3, 0.4) is 0 Å². The predicted molar refractivity (Wildman–Crippen MR) is 116 cm³/mol. The number of methoxy groups -OCH3 is 1. The third-order valence-electron chi connectivity index (χ3n) is 4.81. The van der Waals surface area contributed by atoms with Crippen LogP contribution in [-0.2, 0) is 11.2 Å². The first-order chi connectivity index (χ1) is 14.0. The van der Waals surface area contributed by atoms with Crippen molar-refractivity contribution in [1.82, 2.24) is 5.32 Å². The smallest absolute Gasteiger partial charge is 0.220 e. The van der Waals surface area contributed by atoms with Crippen molar-refractivity contribution in [3.05, 3.63) is 53.1 Å². The van der Waals surface area contributed by atoms with Gasteiger partial charge in [0, 0.05) is 6.42 Å². The van der Waals surface area contributed by atoms with E-state index in [0.717, 1.165) is 40.4 Å². The molecule has 0 radical (unpaired) electrons. The normalized spacial score (nSPS) is 11.6. The maximum Gasteiger partial charge on any atom is 0.220 e. The van der Waals surface area contributed by atoms with Gasteiger partial charge in [-0.2, -0.15) is 0 Å². The van der Waals surface area contributed by atoms with Crippen molar-refractivity contribution in [1.29, 1.82) is 0 Å². The van der Waals surface area contributed by atoms with E-state index in [4.69, 9.17) is 14.2 Å². The number of nitrogens with one attached hydrogen (secondary N) is 1. The second-order valence-electron chi connectivity index (χ2n) is 6.90. The minimum absolute atomic E-state index is 0.00794. The van der Waals surface area contributed by atoms with Crippen LogP contribution in [-0.4, -0.2) is 26.2 Å². The summed E-state index contributed by atoms with van der Waals surface area (Å²) in [6.07, 6.45) is 1.90. The molecule has 29 heavy (non-hydrogen) atoms. The molecule has 2 rings (SSSR count). The number of carbonyl (C=O) groups is 1. The molecule has 2 aromatic carbocycles. The van der Waals surface area contributed by atoms with Crippen LogP contribution in [0.4, 0.5) is 0 Å². The Morgan fingerprint density at radius 3 is 2.28 bits per heavy atom. The van der Waals surface area contributed by atoms with E-state index < -0.39 is 0 Å². The Labute approximate surface area is 174 Å². The van der Waals surface area contributed by atoms with E-state index in [1.165, 1.54) is 0 Å². The van der Waals surface area contributed by atoms with E-state index in [1.54, 1.807) is 7.11 Å². The summed E-state index contributed by atoms with van der Waals surface area (Å²) in [4.78, 5) is 12.6. The fourth-order valence-electron chi connectivity index (χ4n) is 3.31. The molecule has 2 aromatic rings. The quantitative estimate of drug-likeness (QED) is 0.578. The van der Waals surface area contributed by atoms with Crippen molar-refractivity contribution in [3.8, 4) is 17.2 Å². The summed E-state index contributed by atoms with van der Waals surface area (Å²) in [5.74, 6) is 2.36. The fraction of sp³-hybridized carbons (Fsp3) is 0.458. The molecule has 1 atom stereocenters. The Hall–Kier alpha value is -2.69. The minimum atomic E-state index is -0.00794. The van der Waals surface area contributed by atoms with Gasteiger partial charge in [-0.25, -0.2) is 0 Å². The number of ether oxygens (including phenoxy) is 3. The van der Waals surface area contributed by atoms with Gasteiger partial charge in [0.15, 0.2) is 11.5 Å². The van der Waals surface area contributed by atoms with Crippen molar-refractivity contribution in [2.45, 2.75) is 53.0 Å². The molecule has 0 saturated carbocycles. The van der Waals surface area contributed by atoms with Crippen LogP contribution in [0.25, 0.3) is 0 Å². The second kappa shape index (κ2) is 11.3. The molecule has 0 aliphatic heterocycles. The highest BCUT2D eigenvalue weighted by atomic mass is 16.5. The van der Waals surface area contributed by atoms with Gasteiger partial charge in [-0.3, -0.25) is 4.79 Å². The Bertz CT molecular complexity index is 803. The zero-order valence-corrected chi connectivity index (χ0v) is 18.2. The molecule has 0 aliphatic rings. The molecule has 5 heteroatoms. The van der Waals surface area contributed by atoms with Gasteiger partial charge in [-0.15, -0.1) is 0 Å². The molecule has 1 N–H and O–H groups in total. The summed E-state index contributed by atoms with van der Waals surface area (Å²) in [6, 6.07) is 11.9. The van der Waals surface area contributed by atoms with Gasteiger partial charge in [0.05, 0.1) is 26.4 Å². The summed E-state index contributed by atoms with van der Waals surface area (Å²) < 4.78 is 16.6. The molecule has 0 saturated heterocycles. The molecule has 0 spiro atoms. The average molecular weight is 400 g/mol. The highest BCUT2D eigenvalue weighted by molar-refractivity contribution is 5.76. The molecule has 1 unspecified atom stereocenters. The van der Waals surface area contributed by atoms with Crippen LogP contribution in [0, 0.1) is 6.92 Å². The molecule has 1 amide bonds. The SMILES string of the molecule is CCOc1ccc(CCC(=O)NC(CC)c2ccc(OC)c(C)c2)cc1OCC. The van der Waals surface area contributed by atoms with E-state index in [-0.39, 0.29) is 11.9 Å². The van der Waals surface area contributed by atoms with Gasteiger partial charge in [0.2, 0.25) is 5.91 Å². The van der Waals surface area contributed by atoms with Crippen LogP contribution in [0.1, 0.15) is 56.3 Å². The van der Waals surface area contributed by atoms with Crippen LogP contribution in [0.15, 0.2) is 36.4 Å². The lowest BCUT2D eigenvalue weighted by atomic mass is 10.0. The molecule has 0 heterocycles. The summed E-state index contributed by atoms with van der Waals surface area (Å²) >= 11 is 0. The average Bonchev–Trinajstić information content (AvgIpc) is 2.72. The second-order valence-corrected chi connectivity index (χ2v) is 6.90. The van der Waals surface area contributed by atoms with E-state index >= 15 is 0 Å². The zero-order valence-electron chi connectivity index (χ0n) is 18.2. The topological polar surface area (TPSA) is 56.8 Å². The maximum absolute atomic E-state index is 12.6. The highest BCUT2D eigenvalue weighted by Gasteiger charge is 2.14. The van der Waals surface area contributed by atoms with E-state index in [9.17, 15) is 4.79 Å². The van der Waals surface area contributed by atoms with Gasteiger partial charge in [-0.05, 0) is 68.5 Å². The summed E-state index contributed by atoms with van der Waals surface area (Å²) in [5, 5.41) is 3.15.